The van der Waals surface area contributed by atoms with Gasteiger partial charge in [0.2, 0.25) is 5.91 Å². The predicted octanol–water partition coefficient (Wildman–Crippen LogP) is 3.79. The van der Waals surface area contributed by atoms with E-state index in [9.17, 15) is 9.59 Å². The molecule has 0 aliphatic carbocycles. The number of ether oxygens (including phenoxy) is 2. The molecule has 168 valence electrons. The standard InChI is InChI=1S/C24H32N2O4S/c1-4-29-12-13-30-16-20-9-7-8-19(14-20)15-25-24(28)21-10-5-6-11-22(21)31-17-23(27)26-18(2)3/h5-11,14,18H,4,12-13,15-17H2,1-3H3,(H,25,28)(H,26,27). The van der Waals surface area contributed by atoms with Crippen LogP contribution >= 0.6 is 11.8 Å². The van der Waals surface area contributed by atoms with Crippen molar-refractivity contribution in [1.82, 2.24) is 10.6 Å². The van der Waals surface area contributed by atoms with Crippen LogP contribution in [0, 0.1) is 0 Å². The summed E-state index contributed by atoms with van der Waals surface area (Å²) in [6.07, 6.45) is 0. The summed E-state index contributed by atoms with van der Waals surface area (Å²) in [7, 11) is 0. The molecule has 2 rings (SSSR count). The number of rotatable bonds is 13. The Morgan fingerprint density at radius 1 is 1.00 bits per heavy atom. The van der Waals surface area contributed by atoms with Gasteiger partial charge in [-0.1, -0.05) is 36.4 Å². The van der Waals surface area contributed by atoms with E-state index in [1.807, 2.05) is 63.2 Å². The second-order valence-electron chi connectivity index (χ2n) is 7.26. The molecule has 0 aliphatic heterocycles. The van der Waals surface area contributed by atoms with E-state index >= 15 is 0 Å². The second kappa shape index (κ2) is 13.9. The molecule has 0 bridgehead atoms. The van der Waals surface area contributed by atoms with Crippen LogP contribution in [0.15, 0.2) is 53.4 Å². The van der Waals surface area contributed by atoms with Gasteiger partial charge < -0.3 is 20.1 Å². The minimum absolute atomic E-state index is 0.0458. The summed E-state index contributed by atoms with van der Waals surface area (Å²) in [5, 5.41) is 5.83. The summed E-state index contributed by atoms with van der Waals surface area (Å²) in [5.41, 5.74) is 2.62. The third-order valence-electron chi connectivity index (χ3n) is 4.23. The van der Waals surface area contributed by atoms with Gasteiger partial charge in [-0.3, -0.25) is 9.59 Å². The van der Waals surface area contributed by atoms with Gasteiger partial charge in [-0.2, -0.15) is 0 Å². The minimum atomic E-state index is -0.161. The van der Waals surface area contributed by atoms with E-state index in [1.54, 1.807) is 6.07 Å². The van der Waals surface area contributed by atoms with E-state index in [0.29, 0.717) is 38.5 Å². The molecule has 0 aliphatic rings. The lowest BCUT2D eigenvalue weighted by atomic mass is 10.1. The number of hydrogen-bond donors (Lipinski definition) is 2. The van der Waals surface area contributed by atoms with E-state index in [2.05, 4.69) is 10.6 Å². The number of thioether (sulfide) groups is 1. The SMILES string of the molecule is CCOCCOCc1cccc(CNC(=O)c2ccccc2SCC(=O)NC(C)C)c1. The van der Waals surface area contributed by atoms with E-state index < -0.39 is 0 Å². The van der Waals surface area contributed by atoms with Crippen molar-refractivity contribution >= 4 is 23.6 Å². The number of hydrogen-bond acceptors (Lipinski definition) is 5. The zero-order chi connectivity index (χ0) is 22.5. The predicted molar refractivity (Wildman–Crippen MR) is 124 cm³/mol. The molecule has 0 saturated heterocycles. The molecule has 2 aromatic carbocycles. The summed E-state index contributed by atoms with van der Waals surface area (Å²) in [6.45, 7) is 8.55. The van der Waals surface area contributed by atoms with Gasteiger partial charge in [-0.25, -0.2) is 0 Å². The van der Waals surface area contributed by atoms with Crippen LogP contribution < -0.4 is 10.6 Å². The maximum absolute atomic E-state index is 12.8. The molecular formula is C24H32N2O4S. The molecule has 0 unspecified atom stereocenters. The number of nitrogens with one attached hydrogen (secondary N) is 2. The molecule has 0 atom stereocenters. The largest absolute Gasteiger partial charge is 0.379 e. The van der Waals surface area contributed by atoms with Gasteiger partial charge in [0.25, 0.3) is 5.91 Å². The van der Waals surface area contributed by atoms with Crippen LogP contribution in [0.2, 0.25) is 0 Å². The van der Waals surface area contributed by atoms with Crippen molar-refractivity contribution in [3.63, 3.8) is 0 Å². The van der Waals surface area contributed by atoms with Gasteiger partial charge in [-0.15, -0.1) is 11.8 Å². The Bertz CT molecular complexity index is 842. The highest BCUT2D eigenvalue weighted by Gasteiger charge is 2.13. The molecule has 6 nitrogen and oxygen atoms in total. The van der Waals surface area contributed by atoms with E-state index in [1.165, 1.54) is 11.8 Å². The average Bonchev–Trinajstić information content (AvgIpc) is 2.76. The highest BCUT2D eigenvalue weighted by Crippen LogP contribution is 2.22. The summed E-state index contributed by atoms with van der Waals surface area (Å²) >= 11 is 1.36. The first kappa shape index (κ1) is 24.9. The summed E-state index contributed by atoms with van der Waals surface area (Å²) < 4.78 is 10.9. The molecule has 0 fully saturated rings. The highest BCUT2D eigenvalue weighted by molar-refractivity contribution is 8.00. The Kier molecular flexibility index (Phi) is 11.1. The molecule has 0 saturated carbocycles. The van der Waals surface area contributed by atoms with Crippen LogP contribution in [0.1, 0.15) is 42.3 Å². The molecule has 2 amide bonds. The van der Waals surface area contributed by atoms with E-state index in [-0.39, 0.29) is 23.6 Å². The number of benzene rings is 2. The lowest BCUT2D eigenvalue weighted by Gasteiger charge is -2.12. The van der Waals surface area contributed by atoms with E-state index in [4.69, 9.17) is 9.47 Å². The van der Waals surface area contributed by atoms with Crippen molar-refractivity contribution in [3.05, 3.63) is 65.2 Å². The summed E-state index contributed by atoms with van der Waals surface area (Å²) in [4.78, 5) is 25.5. The number of carbonyl (C=O) groups is 2. The fraction of sp³-hybridized carbons (Fsp3) is 0.417. The number of carbonyl (C=O) groups excluding carboxylic acids is 2. The van der Waals surface area contributed by atoms with Crippen LogP contribution in [-0.2, 0) is 27.4 Å². The van der Waals surface area contributed by atoms with Gasteiger partial charge in [0.15, 0.2) is 0 Å². The third kappa shape index (κ3) is 9.55. The fourth-order valence-electron chi connectivity index (χ4n) is 2.85. The lowest BCUT2D eigenvalue weighted by Crippen LogP contribution is -2.31. The van der Waals surface area contributed by atoms with Crippen molar-refractivity contribution in [2.75, 3.05) is 25.6 Å². The normalized spacial score (nSPS) is 10.8. The van der Waals surface area contributed by atoms with Crippen LogP contribution in [0.25, 0.3) is 0 Å². The lowest BCUT2D eigenvalue weighted by molar-refractivity contribution is -0.119. The van der Waals surface area contributed by atoms with Crippen molar-refractivity contribution < 1.29 is 19.1 Å². The topological polar surface area (TPSA) is 76.7 Å². The molecule has 7 heteroatoms. The fourth-order valence-corrected chi connectivity index (χ4v) is 3.71. The van der Waals surface area contributed by atoms with Crippen molar-refractivity contribution in [2.24, 2.45) is 0 Å². The molecule has 0 heterocycles. The van der Waals surface area contributed by atoms with Crippen LogP contribution in [0.4, 0.5) is 0 Å². The zero-order valence-corrected chi connectivity index (χ0v) is 19.3. The maximum atomic E-state index is 12.8. The molecule has 0 aromatic heterocycles. The van der Waals surface area contributed by atoms with Crippen molar-refractivity contribution in [1.29, 1.82) is 0 Å². The van der Waals surface area contributed by atoms with Gasteiger partial charge in [0.05, 0.1) is 31.1 Å². The highest BCUT2D eigenvalue weighted by atomic mass is 32.2. The average molecular weight is 445 g/mol. The van der Waals surface area contributed by atoms with E-state index in [0.717, 1.165) is 16.0 Å². The first-order valence-electron chi connectivity index (χ1n) is 10.5. The summed E-state index contributed by atoms with van der Waals surface area (Å²) in [6, 6.07) is 15.4. The minimum Gasteiger partial charge on any atom is -0.379 e. The van der Waals surface area contributed by atoms with Crippen LogP contribution in [-0.4, -0.2) is 43.4 Å². The quantitative estimate of drug-likeness (QED) is 0.363. The van der Waals surface area contributed by atoms with Crippen LogP contribution in [0.3, 0.4) is 0 Å². The Morgan fingerprint density at radius 2 is 1.74 bits per heavy atom. The Morgan fingerprint density at radius 3 is 2.52 bits per heavy atom. The molecule has 31 heavy (non-hydrogen) atoms. The second-order valence-corrected chi connectivity index (χ2v) is 8.28. The Labute approximate surface area is 189 Å². The smallest absolute Gasteiger partial charge is 0.252 e. The molecule has 0 radical (unpaired) electrons. The van der Waals surface area contributed by atoms with Gasteiger partial charge in [0.1, 0.15) is 0 Å². The van der Waals surface area contributed by atoms with Gasteiger partial charge in [-0.05, 0) is 44.0 Å². The van der Waals surface area contributed by atoms with Crippen molar-refractivity contribution in [2.45, 2.75) is 44.9 Å². The van der Waals surface area contributed by atoms with Gasteiger partial charge >= 0.3 is 0 Å². The Balaban J connectivity index is 1.88. The number of amides is 2. The van der Waals surface area contributed by atoms with Crippen LogP contribution in [0.5, 0.6) is 0 Å². The monoisotopic (exact) mass is 444 g/mol. The molecule has 2 N–H and O–H groups in total. The maximum Gasteiger partial charge on any atom is 0.252 e. The molecular weight excluding hydrogens is 412 g/mol. The first-order chi connectivity index (χ1) is 15.0. The molecule has 2 aromatic rings. The molecule has 0 spiro atoms. The zero-order valence-electron chi connectivity index (χ0n) is 18.5. The first-order valence-corrected chi connectivity index (χ1v) is 11.5. The third-order valence-corrected chi connectivity index (χ3v) is 5.30. The summed E-state index contributed by atoms with van der Waals surface area (Å²) in [5.74, 6) is 0.0645. The Hall–Kier alpha value is -2.35. The van der Waals surface area contributed by atoms with Crippen molar-refractivity contribution in [3.8, 4) is 0 Å². The van der Waals surface area contributed by atoms with Gasteiger partial charge in [0, 0.05) is 24.1 Å².